The summed E-state index contributed by atoms with van der Waals surface area (Å²) in [6.07, 6.45) is 4.08. The summed E-state index contributed by atoms with van der Waals surface area (Å²) in [5, 5.41) is 0. The molecule has 1 atom stereocenters. The average molecular weight is 320 g/mol. The normalized spacial score (nSPS) is 20.0. The van der Waals surface area contributed by atoms with Crippen molar-refractivity contribution >= 4 is 10.0 Å². The fraction of sp³-hybridized carbons (Fsp3) is 0.357. The highest BCUT2D eigenvalue weighted by Crippen LogP contribution is 2.24. The molecule has 0 unspecified atom stereocenters. The first kappa shape index (κ1) is 15.0. The number of hydrogen-bond acceptors (Lipinski definition) is 6. The first-order chi connectivity index (χ1) is 10.6. The van der Waals surface area contributed by atoms with Crippen LogP contribution in [-0.4, -0.2) is 47.4 Å². The summed E-state index contributed by atoms with van der Waals surface area (Å²) in [4.78, 5) is 12.6. The van der Waals surface area contributed by atoms with E-state index in [9.17, 15) is 8.42 Å². The number of sulfonamides is 1. The molecule has 0 bridgehead atoms. The van der Waals surface area contributed by atoms with Gasteiger partial charge in [-0.2, -0.15) is 4.31 Å². The lowest BCUT2D eigenvalue weighted by atomic mass is 10.3. The largest absolute Gasteiger partial charge is 0.367 e. The first-order valence-corrected chi connectivity index (χ1v) is 8.33. The smallest absolute Gasteiger partial charge is 0.244 e. The van der Waals surface area contributed by atoms with E-state index < -0.39 is 16.1 Å². The van der Waals surface area contributed by atoms with Crippen LogP contribution >= 0.6 is 0 Å². The van der Waals surface area contributed by atoms with Gasteiger partial charge in [0.05, 0.1) is 6.61 Å². The molecule has 0 amide bonds. The first-order valence-electron chi connectivity index (χ1n) is 6.89. The van der Waals surface area contributed by atoms with Crippen molar-refractivity contribution in [3.8, 4) is 0 Å². The SMILES string of the molecule is Cc1ccnc([C@@H]2CN(S(=O)(=O)c3cccnc3)CCO2)n1. The Hall–Kier alpha value is -1.90. The van der Waals surface area contributed by atoms with Crippen LogP contribution in [0.25, 0.3) is 0 Å². The highest BCUT2D eigenvalue weighted by atomic mass is 32.2. The minimum atomic E-state index is -3.58. The fourth-order valence-corrected chi connectivity index (χ4v) is 3.66. The van der Waals surface area contributed by atoms with Crippen LogP contribution in [0, 0.1) is 6.92 Å². The van der Waals surface area contributed by atoms with Crippen LogP contribution in [0.3, 0.4) is 0 Å². The lowest BCUT2D eigenvalue weighted by Gasteiger charge is -2.31. The van der Waals surface area contributed by atoms with Crippen molar-refractivity contribution in [2.24, 2.45) is 0 Å². The lowest BCUT2D eigenvalue weighted by molar-refractivity contribution is -0.00762. The van der Waals surface area contributed by atoms with Gasteiger partial charge in [-0.3, -0.25) is 4.98 Å². The van der Waals surface area contributed by atoms with Crippen molar-refractivity contribution in [2.75, 3.05) is 19.7 Å². The summed E-state index contributed by atoms with van der Waals surface area (Å²) in [6.45, 7) is 2.67. The van der Waals surface area contributed by atoms with Crippen molar-refractivity contribution in [3.05, 3.63) is 48.3 Å². The van der Waals surface area contributed by atoms with Crippen molar-refractivity contribution in [3.63, 3.8) is 0 Å². The van der Waals surface area contributed by atoms with Crippen LogP contribution < -0.4 is 0 Å². The molecule has 116 valence electrons. The van der Waals surface area contributed by atoms with E-state index in [1.54, 1.807) is 24.5 Å². The van der Waals surface area contributed by atoms with Gasteiger partial charge in [0.15, 0.2) is 5.82 Å². The van der Waals surface area contributed by atoms with Gasteiger partial charge in [0.2, 0.25) is 10.0 Å². The van der Waals surface area contributed by atoms with E-state index >= 15 is 0 Å². The van der Waals surface area contributed by atoms with E-state index in [0.717, 1.165) is 5.69 Å². The quantitative estimate of drug-likeness (QED) is 0.837. The third-order valence-corrected chi connectivity index (χ3v) is 5.25. The standard InChI is InChI=1S/C14H16N4O3S/c1-11-4-6-16-14(17-11)13-10-18(7-8-21-13)22(19,20)12-3-2-5-15-9-12/h2-6,9,13H,7-8,10H2,1H3/t13-/m0/s1. The average Bonchev–Trinajstić information content (AvgIpc) is 2.56. The maximum Gasteiger partial charge on any atom is 0.244 e. The molecule has 1 aliphatic heterocycles. The molecule has 1 aliphatic rings. The van der Waals surface area contributed by atoms with Gasteiger partial charge in [0.1, 0.15) is 11.0 Å². The Morgan fingerprint density at radius 2 is 2.18 bits per heavy atom. The highest BCUT2D eigenvalue weighted by molar-refractivity contribution is 7.89. The van der Waals surface area contributed by atoms with Crippen molar-refractivity contribution in [1.29, 1.82) is 0 Å². The summed E-state index contributed by atoms with van der Waals surface area (Å²) in [5.74, 6) is 0.506. The minimum Gasteiger partial charge on any atom is -0.367 e. The zero-order valence-corrected chi connectivity index (χ0v) is 12.9. The Balaban J connectivity index is 1.84. The number of morpholine rings is 1. The van der Waals surface area contributed by atoms with Crippen LogP contribution in [0.4, 0.5) is 0 Å². The molecule has 7 nitrogen and oxygen atoms in total. The summed E-state index contributed by atoms with van der Waals surface area (Å²) >= 11 is 0. The molecule has 8 heteroatoms. The predicted molar refractivity (Wildman–Crippen MR) is 78.5 cm³/mol. The molecule has 0 spiro atoms. The molecule has 0 aliphatic carbocycles. The van der Waals surface area contributed by atoms with E-state index in [1.165, 1.54) is 16.6 Å². The van der Waals surface area contributed by atoms with Gasteiger partial charge in [0.25, 0.3) is 0 Å². The van der Waals surface area contributed by atoms with Crippen LogP contribution in [-0.2, 0) is 14.8 Å². The summed E-state index contributed by atoms with van der Waals surface area (Å²) in [6, 6.07) is 4.93. The fourth-order valence-electron chi connectivity index (χ4n) is 2.27. The molecule has 0 radical (unpaired) electrons. The number of nitrogens with zero attached hydrogens (tertiary/aromatic N) is 4. The van der Waals surface area contributed by atoms with E-state index in [0.29, 0.717) is 19.0 Å². The van der Waals surface area contributed by atoms with Crippen LogP contribution in [0.2, 0.25) is 0 Å². The Kier molecular flexibility index (Phi) is 4.14. The zero-order chi connectivity index (χ0) is 15.6. The third kappa shape index (κ3) is 2.99. The molecule has 1 saturated heterocycles. The number of hydrogen-bond donors (Lipinski definition) is 0. The molecule has 0 N–H and O–H groups in total. The second-order valence-corrected chi connectivity index (χ2v) is 6.91. The molecular formula is C14H16N4O3S. The van der Waals surface area contributed by atoms with Gasteiger partial charge in [-0.25, -0.2) is 18.4 Å². The molecule has 3 rings (SSSR count). The lowest BCUT2D eigenvalue weighted by Crippen LogP contribution is -2.42. The molecule has 1 fully saturated rings. The van der Waals surface area contributed by atoms with E-state index in [2.05, 4.69) is 15.0 Å². The summed E-state index contributed by atoms with van der Waals surface area (Å²) in [7, 11) is -3.58. The molecular weight excluding hydrogens is 304 g/mol. The van der Waals surface area contributed by atoms with Gasteiger partial charge >= 0.3 is 0 Å². The van der Waals surface area contributed by atoms with Crippen molar-refractivity contribution in [2.45, 2.75) is 17.9 Å². The summed E-state index contributed by atoms with van der Waals surface area (Å²) < 4.78 is 32.3. The van der Waals surface area contributed by atoms with E-state index in [1.807, 2.05) is 6.92 Å². The van der Waals surface area contributed by atoms with Gasteiger partial charge in [-0.05, 0) is 25.1 Å². The molecule has 2 aromatic rings. The monoisotopic (exact) mass is 320 g/mol. The Labute approximate surface area is 129 Å². The number of pyridine rings is 1. The third-order valence-electron chi connectivity index (χ3n) is 3.40. The van der Waals surface area contributed by atoms with Crippen molar-refractivity contribution < 1.29 is 13.2 Å². The van der Waals surface area contributed by atoms with Gasteiger partial charge in [0, 0.05) is 37.4 Å². The zero-order valence-electron chi connectivity index (χ0n) is 12.1. The number of aromatic nitrogens is 3. The second kappa shape index (κ2) is 6.07. The van der Waals surface area contributed by atoms with E-state index in [4.69, 9.17) is 4.74 Å². The maximum atomic E-state index is 12.6. The van der Waals surface area contributed by atoms with Crippen LogP contribution in [0.1, 0.15) is 17.6 Å². The van der Waals surface area contributed by atoms with Crippen molar-refractivity contribution in [1.82, 2.24) is 19.3 Å². The highest BCUT2D eigenvalue weighted by Gasteiger charge is 2.32. The predicted octanol–water partition coefficient (Wildman–Crippen LogP) is 0.942. The second-order valence-electron chi connectivity index (χ2n) is 4.97. The topological polar surface area (TPSA) is 85.3 Å². The Bertz CT molecular complexity index is 752. The number of aryl methyl sites for hydroxylation is 1. The Morgan fingerprint density at radius 3 is 2.91 bits per heavy atom. The van der Waals surface area contributed by atoms with Gasteiger partial charge < -0.3 is 4.74 Å². The minimum absolute atomic E-state index is 0.181. The Morgan fingerprint density at radius 1 is 1.32 bits per heavy atom. The van der Waals surface area contributed by atoms with Gasteiger partial charge in [-0.15, -0.1) is 0 Å². The molecule has 3 heterocycles. The molecule has 22 heavy (non-hydrogen) atoms. The molecule has 0 aromatic carbocycles. The van der Waals surface area contributed by atoms with Gasteiger partial charge in [-0.1, -0.05) is 0 Å². The van der Waals surface area contributed by atoms with E-state index in [-0.39, 0.29) is 11.4 Å². The number of ether oxygens (including phenoxy) is 1. The summed E-state index contributed by atoms with van der Waals surface area (Å²) in [5.41, 5.74) is 0.820. The molecule has 0 saturated carbocycles. The van der Waals surface area contributed by atoms with Crippen LogP contribution in [0.15, 0.2) is 41.7 Å². The number of rotatable bonds is 3. The van der Waals surface area contributed by atoms with Crippen LogP contribution in [0.5, 0.6) is 0 Å². The maximum absolute atomic E-state index is 12.6. The molecule has 2 aromatic heterocycles.